The van der Waals surface area contributed by atoms with Gasteiger partial charge in [0, 0.05) is 6.20 Å². The highest BCUT2D eigenvalue weighted by Crippen LogP contribution is 2.39. The van der Waals surface area contributed by atoms with E-state index in [0.29, 0.717) is 0 Å². The molecule has 0 atom stereocenters. The number of anilines is 2. The highest BCUT2D eigenvalue weighted by Gasteiger charge is 2.44. The van der Waals surface area contributed by atoms with Crippen LogP contribution in [0.2, 0.25) is 0 Å². The molecule has 0 saturated heterocycles. The van der Waals surface area contributed by atoms with Crippen LogP contribution in [-0.4, -0.2) is 16.4 Å². The number of nitrogens with one attached hydrogen (secondary N) is 2. The van der Waals surface area contributed by atoms with E-state index in [2.05, 4.69) is 22.5 Å². The average Bonchev–Trinajstić information content (AvgIpc) is 2.35. The molecule has 1 spiro atoms. The van der Waals surface area contributed by atoms with Gasteiger partial charge in [0.15, 0.2) is 5.82 Å². The van der Waals surface area contributed by atoms with Crippen LogP contribution in [0.15, 0.2) is 12.3 Å². The lowest BCUT2D eigenvalue weighted by Gasteiger charge is -2.42. The predicted octanol–water partition coefficient (Wildman–Crippen LogP) is 2.70. The van der Waals surface area contributed by atoms with Crippen LogP contribution < -0.4 is 10.6 Å². The minimum absolute atomic E-state index is 0.106. The van der Waals surface area contributed by atoms with Gasteiger partial charge in [-0.1, -0.05) is 6.92 Å². The fourth-order valence-electron chi connectivity index (χ4n) is 2.90. The molecule has 0 radical (unpaired) electrons. The normalized spacial score (nSPS) is 30.6. The minimum atomic E-state index is -0.429. The van der Waals surface area contributed by atoms with Crippen molar-refractivity contribution in [1.29, 1.82) is 0 Å². The van der Waals surface area contributed by atoms with Crippen molar-refractivity contribution in [2.45, 2.75) is 45.1 Å². The number of amides is 1. The first-order chi connectivity index (χ1) is 8.59. The van der Waals surface area contributed by atoms with Crippen molar-refractivity contribution in [3.05, 3.63) is 17.8 Å². The van der Waals surface area contributed by atoms with Gasteiger partial charge in [-0.15, -0.1) is 0 Å². The Bertz CT molecular complexity index is 490. The first-order valence-corrected chi connectivity index (χ1v) is 6.65. The van der Waals surface area contributed by atoms with Crippen molar-refractivity contribution in [3.8, 4) is 0 Å². The Morgan fingerprint density at radius 1 is 1.39 bits per heavy atom. The molecule has 4 heteroatoms. The van der Waals surface area contributed by atoms with Crippen molar-refractivity contribution < 1.29 is 4.79 Å². The molecule has 1 fully saturated rings. The van der Waals surface area contributed by atoms with Gasteiger partial charge in [-0.25, -0.2) is 4.98 Å². The number of carbonyl (C=O) groups excluding carboxylic acids is 1. The second-order valence-electron chi connectivity index (χ2n) is 5.75. The van der Waals surface area contributed by atoms with Gasteiger partial charge in [0.25, 0.3) is 0 Å². The zero-order valence-electron chi connectivity index (χ0n) is 10.9. The Kier molecular flexibility index (Phi) is 2.54. The maximum atomic E-state index is 12.4. The fourth-order valence-corrected chi connectivity index (χ4v) is 2.90. The number of aryl methyl sites for hydroxylation is 1. The predicted molar refractivity (Wildman–Crippen MR) is 71.6 cm³/mol. The molecular formula is C14H19N3O. The summed E-state index contributed by atoms with van der Waals surface area (Å²) >= 11 is 0. The summed E-state index contributed by atoms with van der Waals surface area (Å²) in [6.45, 7) is 4.23. The van der Waals surface area contributed by atoms with Crippen molar-refractivity contribution in [1.82, 2.24) is 4.98 Å². The summed E-state index contributed by atoms with van der Waals surface area (Å²) in [6.07, 6.45) is 5.83. The monoisotopic (exact) mass is 245 g/mol. The van der Waals surface area contributed by atoms with E-state index in [1.807, 2.05) is 19.2 Å². The van der Waals surface area contributed by atoms with Gasteiger partial charge in [0.2, 0.25) is 5.91 Å². The van der Waals surface area contributed by atoms with Crippen LogP contribution in [0.3, 0.4) is 0 Å². The van der Waals surface area contributed by atoms with Crippen LogP contribution in [0.4, 0.5) is 11.5 Å². The van der Waals surface area contributed by atoms with Gasteiger partial charge in [0.1, 0.15) is 5.54 Å². The molecular weight excluding hydrogens is 226 g/mol. The van der Waals surface area contributed by atoms with Gasteiger partial charge >= 0.3 is 0 Å². The Morgan fingerprint density at radius 3 is 2.83 bits per heavy atom. The van der Waals surface area contributed by atoms with E-state index in [1.165, 1.54) is 0 Å². The highest BCUT2D eigenvalue weighted by molar-refractivity contribution is 6.05. The van der Waals surface area contributed by atoms with Gasteiger partial charge in [0.05, 0.1) is 5.69 Å². The number of hydrogen-bond acceptors (Lipinski definition) is 3. The SMILES string of the molecule is Cc1cnc2c(c1)NC(=O)C1(CCC(C)CC1)N2. The number of aromatic nitrogens is 1. The highest BCUT2D eigenvalue weighted by atomic mass is 16.2. The van der Waals surface area contributed by atoms with Crippen LogP contribution in [0.5, 0.6) is 0 Å². The number of pyridine rings is 1. The first-order valence-electron chi connectivity index (χ1n) is 6.65. The smallest absolute Gasteiger partial charge is 0.250 e. The third kappa shape index (κ3) is 1.76. The van der Waals surface area contributed by atoms with E-state index in [9.17, 15) is 4.79 Å². The Labute approximate surface area is 107 Å². The van der Waals surface area contributed by atoms with Gasteiger partial charge in [-0.2, -0.15) is 0 Å². The number of nitrogens with zero attached hydrogens (tertiary/aromatic N) is 1. The summed E-state index contributed by atoms with van der Waals surface area (Å²) in [6, 6.07) is 1.96. The molecule has 2 aliphatic rings. The third-order valence-corrected chi connectivity index (χ3v) is 4.19. The van der Waals surface area contributed by atoms with Crippen LogP contribution in [0.1, 0.15) is 38.2 Å². The standard InChI is InChI=1S/C14H19N3O/c1-9-3-5-14(6-4-9)13(18)16-11-7-10(2)8-15-12(11)17-14/h7-9H,3-6H2,1-2H3,(H,15,17)(H,16,18). The molecule has 1 aliphatic carbocycles. The summed E-state index contributed by atoms with van der Waals surface area (Å²) in [5.74, 6) is 1.64. The number of fused-ring (bicyclic) bond motifs is 1. The quantitative estimate of drug-likeness (QED) is 0.739. The Balaban J connectivity index is 1.92. The Hall–Kier alpha value is -1.58. The molecule has 0 unspecified atom stereocenters. The largest absolute Gasteiger partial charge is 0.354 e. The van der Waals surface area contributed by atoms with Crippen LogP contribution in [-0.2, 0) is 4.79 Å². The van der Waals surface area contributed by atoms with E-state index < -0.39 is 5.54 Å². The van der Waals surface area contributed by atoms with Crippen molar-refractivity contribution in [2.75, 3.05) is 10.6 Å². The zero-order valence-corrected chi connectivity index (χ0v) is 10.9. The minimum Gasteiger partial charge on any atom is -0.354 e. The van der Waals surface area contributed by atoms with Gasteiger partial charge in [-0.05, 0) is 50.2 Å². The van der Waals surface area contributed by atoms with Gasteiger partial charge in [-0.3, -0.25) is 4.79 Å². The molecule has 1 amide bonds. The molecule has 2 heterocycles. The second kappa shape index (κ2) is 3.97. The molecule has 1 saturated carbocycles. The fraction of sp³-hybridized carbons (Fsp3) is 0.571. The zero-order chi connectivity index (χ0) is 12.8. The molecule has 96 valence electrons. The summed E-state index contributed by atoms with van der Waals surface area (Å²) in [7, 11) is 0. The molecule has 2 N–H and O–H groups in total. The summed E-state index contributed by atoms with van der Waals surface area (Å²) < 4.78 is 0. The molecule has 4 nitrogen and oxygen atoms in total. The molecule has 0 bridgehead atoms. The second-order valence-corrected chi connectivity index (χ2v) is 5.75. The molecule has 3 rings (SSSR count). The molecule has 0 aromatic carbocycles. The number of rotatable bonds is 0. The lowest BCUT2D eigenvalue weighted by molar-refractivity contribution is -0.121. The lowest BCUT2D eigenvalue weighted by atomic mass is 9.75. The molecule has 1 aliphatic heterocycles. The summed E-state index contributed by atoms with van der Waals surface area (Å²) in [4.78, 5) is 16.7. The Morgan fingerprint density at radius 2 is 2.11 bits per heavy atom. The van der Waals surface area contributed by atoms with Crippen molar-refractivity contribution >= 4 is 17.4 Å². The van der Waals surface area contributed by atoms with Crippen molar-refractivity contribution in [3.63, 3.8) is 0 Å². The third-order valence-electron chi connectivity index (χ3n) is 4.19. The maximum absolute atomic E-state index is 12.4. The van der Waals surface area contributed by atoms with E-state index in [1.54, 1.807) is 0 Å². The van der Waals surface area contributed by atoms with Crippen LogP contribution in [0, 0.1) is 12.8 Å². The first kappa shape index (κ1) is 11.5. The summed E-state index contributed by atoms with van der Waals surface area (Å²) in [5, 5.41) is 6.40. The molecule has 1 aromatic heterocycles. The topological polar surface area (TPSA) is 54.0 Å². The van der Waals surface area contributed by atoms with E-state index >= 15 is 0 Å². The molecule has 18 heavy (non-hydrogen) atoms. The molecule has 1 aromatic rings. The lowest BCUT2D eigenvalue weighted by Crippen LogP contribution is -2.54. The average molecular weight is 245 g/mol. The number of hydrogen-bond donors (Lipinski definition) is 2. The van der Waals surface area contributed by atoms with E-state index in [-0.39, 0.29) is 5.91 Å². The van der Waals surface area contributed by atoms with Crippen LogP contribution >= 0.6 is 0 Å². The van der Waals surface area contributed by atoms with E-state index in [4.69, 9.17) is 0 Å². The van der Waals surface area contributed by atoms with Gasteiger partial charge < -0.3 is 10.6 Å². The maximum Gasteiger partial charge on any atom is 0.250 e. The van der Waals surface area contributed by atoms with E-state index in [0.717, 1.165) is 48.7 Å². The summed E-state index contributed by atoms with van der Waals surface area (Å²) in [5.41, 5.74) is 1.44. The van der Waals surface area contributed by atoms with Crippen molar-refractivity contribution in [2.24, 2.45) is 5.92 Å². The number of carbonyl (C=O) groups is 1. The van der Waals surface area contributed by atoms with Crippen LogP contribution in [0.25, 0.3) is 0 Å².